The lowest BCUT2D eigenvalue weighted by Crippen LogP contribution is -2.31. The van der Waals surface area contributed by atoms with E-state index in [1.807, 2.05) is 12.3 Å². The molecule has 1 aliphatic heterocycles. The summed E-state index contributed by atoms with van der Waals surface area (Å²) in [6, 6.07) is 34.1. The van der Waals surface area contributed by atoms with Crippen LogP contribution in [-0.2, 0) is 6.54 Å². The fourth-order valence-electron chi connectivity index (χ4n) is 4.99. The quantitative estimate of drug-likeness (QED) is 0.363. The molecular formula is C27H19N4+. The molecular weight excluding hydrogens is 380 g/mol. The van der Waals surface area contributed by atoms with Crippen molar-refractivity contribution in [2.24, 2.45) is 0 Å². The topological polar surface area (TPSA) is 26.6 Å². The van der Waals surface area contributed by atoms with Crippen LogP contribution in [0.5, 0.6) is 0 Å². The van der Waals surface area contributed by atoms with E-state index < -0.39 is 0 Å². The Morgan fingerprint density at radius 1 is 0.677 bits per heavy atom. The zero-order valence-corrected chi connectivity index (χ0v) is 16.8. The number of pyridine rings is 1. The molecule has 0 N–H and O–H groups in total. The molecule has 3 aromatic carbocycles. The molecule has 6 aromatic rings. The Balaban J connectivity index is 1.74. The number of imidazole rings is 1. The molecule has 0 spiro atoms. The number of para-hydroxylation sites is 3. The Morgan fingerprint density at radius 3 is 2.13 bits per heavy atom. The number of hydrogen-bond acceptors (Lipinski definition) is 1. The van der Waals surface area contributed by atoms with E-state index in [0.29, 0.717) is 0 Å². The lowest BCUT2D eigenvalue weighted by atomic mass is 10.2. The van der Waals surface area contributed by atoms with Gasteiger partial charge in [-0.3, -0.25) is 4.57 Å². The van der Waals surface area contributed by atoms with Crippen molar-refractivity contribution in [2.45, 2.75) is 6.54 Å². The summed E-state index contributed by atoms with van der Waals surface area (Å²) in [6.07, 6.45) is 1.89. The highest BCUT2D eigenvalue weighted by atomic mass is 15.3. The smallest absolute Gasteiger partial charge is 0.273 e. The zero-order chi connectivity index (χ0) is 20.4. The van der Waals surface area contributed by atoms with Crippen molar-refractivity contribution in [1.82, 2.24) is 14.1 Å². The van der Waals surface area contributed by atoms with E-state index in [1.54, 1.807) is 0 Å². The van der Waals surface area contributed by atoms with E-state index in [-0.39, 0.29) is 0 Å². The molecule has 146 valence electrons. The Hall–Kier alpha value is -4.18. The number of rotatable bonds is 2. The maximum absolute atomic E-state index is 4.79. The van der Waals surface area contributed by atoms with Crippen molar-refractivity contribution in [3.8, 4) is 22.9 Å². The van der Waals surface area contributed by atoms with Crippen molar-refractivity contribution in [3.63, 3.8) is 0 Å². The molecule has 4 nitrogen and oxygen atoms in total. The summed E-state index contributed by atoms with van der Waals surface area (Å²) < 4.78 is 7.19. The summed E-state index contributed by atoms with van der Waals surface area (Å²) in [5, 5.41) is 1.25. The van der Waals surface area contributed by atoms with Crippen LogP contribution in [0, 0.1) is 0 Å². The molecule has 4 heteroatoms. The van der Waals surface area contributed by atoms with Gasteiger partial charge in [0.05, 0.1) is 10.9 Å². The minimum atomic E-state index is 0.831. The third kappa shape index (κ3) is 2.19. The van der Waals surface area contributed by atoms with Crippen LogP contribution in [0.15, 0.2) is 103 Å². The van der Waals surface area contributed by atoms with Gasteiger partial charge in [0.15, 0.2) is 5.69 Å². The van der Waals surface area contributed by atoms with Crippen molar-refractivity contribution < 1.29 is 4.57 Å². The van der Waals surface area contributed by atoms with Crippen molar-refractivity contribution >= 4 is 22.1 Å². The number of aromatic nitrogens is 4. The molecule has 1 aliphatic rings. The third-order valence-corrected chi connectivity index (χ3v) is 6.23. The van der Waals surface area contributed by atoms with Crippen molar-refractivity contribution in [1.29, 1.82) is 0 Å². The fraction of sp³-hybridized carbons (Fsp3) is 0.0370. The van der Waals surface area contributed by atoms with Gasteiger partial charge < -0.3 is 0 Å². The Bertz CT molecular complexity index is 1590. The Labute approximate surface area is 179 Å². The number of hydrogen-bond donors (Lipinski definition) is 0. The zero-order valence-electron chi connectivity index (χ0n) is 16.8. The standard InChI is InChI=1S/C27H19N4/c1-3-11-20(12-4-1)30-23-16-8-7-15-22(23)25-27(30)31(21-13-5-2-6-14-21)26-24-19(18-29(25)26)10-9-17-28-24/h1-17H,18H2/q+1. The van der Waals surface area contributed by atoms with Gasteiger partial charge in [-0.2, -0.15) is 4.57 Å². The van der Waals surface area contributed by atoms with E-state index in [0.717, 1.165) is 29.4 Å². The highest BCUT2D eigenvalue weighted by Crippen LogP contribution is 2.38. The van der Waals surface area contributed by atoms with Gasteiger partial charge in [0.25, 0.3) is 5.65 Å². The molecule has 0 atom stereocenters. The third-order valence-electron chi connectivity index (χ3n) is 6.23. The summed E-state index contributed by atoms with van der Waals surface area (Å²) in [4.78, 5) is 4.79. The van der Waals surface area contributed by atoms with Gasteiger partial charge in [-0.1, -0.05) is 54.6 Å². The summed E-state index contributed by atoms with van der Waals surface area (Å²) in [7, 11) is 0. The number of nitrogens with zero attached hydrogens (tertiary/aromatic N) is 4. The average Bonchev–Trinajstić information content (AvgIpc) is 3.46. The lowest BCUT2D eigenvalue weighted by Gasteiger charge is -2.08. The van der Waals surface area contributed by atoms with E-state index in [4.69, 9.17) is 4.98 Å². The van der Waals surface area contributed by atoms with Gasteiger partial charge in [-0.05, 0) is 42.5 Å². The molecule has 7 rings (SSSR count). The van der Waals surface area contributed by atoms with E-state index >= 15 is 0 Å². The highest BCUT2D eigenvalue weighted by molar-refractivity contribution is 6.05. The number of fused-ring (bicyclic) bond motifs is 7. The van der Waals surface area contributed by atoms with Gasteiger partial charge in [0, 0.05) is 17.4 Å². The molecule has 31 heavy (non-hydrogen) atoms. The first kappa shape index (κ1) is 16.6. The highest BCUT2D eigenvalue weighted by Gasteiger charge is 2.39. The molecule has 3 aromatic heterocycles. The van der Waals surface area contributed by atoms with Crippen LogP contribution in [0.1, 0.15) is 5.56 Å². The molecule has 0 bridgehead atoms. The molecule has 0 aliphatic carbocycles. The first-order valence-corrected chi connectivity index (χ1v) is 10.5. The summed E-state index contributed by atoms with van der Waals surface area (Å²) in [6.45, 7) is 0.831. The maximum atomic E-state index is 4.79. The predicted molar refractivity (Wildman–Crippen MR) is 123 cm³/mol. The molecule has 0 saturated heterocycles. The SMILES string of the molecule is c1ccc(-n2c3[n+](c4c5ccccc5n(-c5ccccc5)c42)Cc2cccnc2-3)cc1. The van der Waals surface area contributed by atoms with Crippen LogP contribution >= 0.6 is 0 Å². The van der Waals surface area contributed by atoms with Crippen LogP contribution in [0.25, 0.3) is 45.0 Å². The summed E-state index contributed by atoms with van der Waals surface area (Å²) >= 11 is 0. The molecule has 0 amide bonds. The lowest BCUT2D eigenvalue weighted by molar-refractivity contribution is -0.645. The maximum Gasteiger partial charge on any atom is 0.315 e. The van der Waals surface area contributed by atoms with Crippen LogP contribution in [0.3, 0.4) is 0 Å². The van der Waals surface area contributed by atoms with Crippen LogP contribution < -0.4 is 4.57 Å². The second-order valence-corrected chi connectivity index (χ2v) is 7.95. The predicted octanol–water partition coefficient (Wildman–Crippen LogP) is 5.29. The normalized spacial score (nSPS) is 12.4. The van der Waals surface area contributed by atoms with Crippen LogP contribution in [0.4, 0.5) is 0 Å². The monoisotopic (exact) mass is 399 g/mol. The average molecular weight is 399 g/mol. The Morgan fingerprint density at radius 2 is 1.35 bits per heavy atom. The molecule has 4 heterocycles. The first-order valence-electron chi connectivity index (χ1n) is 10.5. The molecule has 0 unspecified atom stereocenters. The van der Waals surface area contributed by atoms with Gasteiger partial charge in [0.2, 0.25) is 5.52 Å². The van der Waals surface area contributed by atoms with E-state index in [1.165, 1.54) is 27.6 Å². The minimum absolute atomic E-state index is 0.831. The second-order valence-electron chi connectivity index (χ2n) is 7.95. The van der Waals surface area contributed by atoms with Crippen LogP contribution in [-0.4, -0.2) is 14.1 Å². The Kier molecular flexibility index (Phi) is 3.30. The second kappa shape index (κ2) is 6.16. The molecule has 0 fully saturated rings. The van der Waals surface area contributed by atoms with Gasteiger partial charge >= 0.3 is 5.82 Å². The van der Waals surface area contributed by atoms with Crippen molar-refractivity contribution in [2.75, 3.05) is 0 Å². The molecule has 0 saturated carbocycles. The van der Waals surface area contributed by atoms with Gasteiger partial charge in [0.1, 0.15) is 12.2 Å². The van der Waals surface area contributed by atoms with Gasteiger partial charge in [-0.25, -0.2) is 9.55 Å². The first-order chi connectivity index (χ1) is 15.4. The van der Waals surface area contributed by atoms with Gasteiger partial charge in [-0.15, -0.1) is 0 Å². The summed E-state index contributed by atoms with van der Waals surface area (Å²) in [5.41, 5.74) is 8.25. The van der Waals surface area contributed by atoms with E-state index in [2.05, 4.69) is 105 Å². The molecule has 0 radical (unpaired) electrons. The number of benzene rings is 3. The van der Waals surface area contributed by atoms with E-state index in [9.17, 15) is 0 Å². The van der Waals surface area contributed by atoms with Crippen LogP contribution in [0.2, 0.25) is 0 Å². The largest absolute Gasteiger partial charge is 0.315 e. The minimum Gasteiger partial charge on any atom is -0.273 e. The van der Waals surface area contributed by atoms with Crippen molar-refractivity contribution in [3.05, 3.63) is 109 Å². The summed E-state index contributed by atoms with van der Waals surface area (Å²) in [5.74, 6) is 1.14. The fourth-order valence-corrected chi connectivity index (χ4v) is 4.99.